The summed E-state index contributed by atoms with van der Waals surface area (Å²) in [6, 6.07) is 12.3. The van der Waals surface area contributed by atoms with E-state index < -0.39 is 6.10 Å². The van der Waals surface area contributed by atoms with Crippen LogP contribution in [0.25, 0.3) is 0 Å². The van der Waals surface area contributed by atoms with Gasteiger partial charge in [-0.1, -0.05) is 36.8 Å². The lowest BCUT2D eigenvalue weighted by Crippen LogP contribution is -2.41. The number of aliphatic hydroxyl groups excluding tert-OH is 1. The molecule has 1 saturated carbocycles. The third kappa shape index (κ3) is 1.58. The van der Waals surface area contributed by atoms with Gasteiger partial charge in [-0.2, -0.15) is 5.10 Å². The number of aryl methyl sites for hydroxylation is 1. The van der Waals surface area contributed by atoms with Gasteiger partial charge in [0.25, 0.3) is 0 Å². The maximum absolute atomic E-state index is 10.8. The van der Waals surface area contributed by atoms with E-state index in [2.05, 4.69) is 17.2 Å². The van der Waals surface area contributed by atoms with Gasteiger partial charge in [0, 0.05) is 18.7 Å². The van der Waals surface area contributed by atoms with Gasteiger partial charge in [-0.25, -0.2) is 0 Å². The molecule has 94 valence electrons. The molecule has 1 atom stereocenters. The van der Waals surface area contributed by atoms with Crippen LogP contribution in [-0.4, -0.2) is 14.9 Å². The van der Waals surface area contributed by atoms with Crippen molar-refractivity contribution in [3.63, 3.8) is 0 Å². The van der Waals surface area contributed by atoms with E-state index in [1.807, 2.05) is 31.3 Å². The lowest BCUT2D eigenvalue weighted by atomic mass is 9.60. The van der Waals surface area contributed by atoms with Gasteiger partial charge in [0.15, 0.2) is 0 Å². The topological polar surface area (TPSA) is 38.0 Å². The Morgan fingerprint density at radius 2 is 1.94 bits per heavy atom. The van der Waals surface area contributed by atoms with Crippen LogP contribution in [-0.2, 0) is 12.5 Å². The highest BCUT2D eigenvalue weighted by atomic mass is 16.3. The van der Waals surface area contributed by atoms with E-state index in [4.69, 9.17) is 0 Å². The van der Waals surface area contributed by atoms with Crippen molar-refractivity contribution in [1.29, 1.82) is 0 Å². The average molecular weight is 242 g/mol. The van der Waals surface area contributed by atoms with E-state index in [0.717, 1.165) is 18.5 Å². The first-order chi connectivity index (χ1) is 8.74. The highest BCUT2D eigenvalue weighted by Gasteiger charge is 2.46. The highest BCUT2D eigenvalue weighted by Crippen LogP contribution is 2.51. The van der Waals surface area contributed by atoms with Crippen molar-refractivity contribution in [2.24, 2.45) is 7.05 Å². The largest absolute Gasteiger partial charge is 0.386 e. The predicted octanol–water partition coefficient (Wildman–Crippen LogP) is 2.58. The molecule has 3 nitrogen and oxygen atoms in total. The van der Waals surface area contributed by atoms with Gasteiger partial charge in [-0.3, -0.25) is 4.68 Å². The molecule has 2 aromatic rings. The minimum atomic E-state index is -0.471. The summed E-state index contributed by atoms with van der Waals surface area (Å²) in [7, 11) is 1.88. The molecule has 0 spiro atoms. The summed E-state index contributed by atoms with van der Waals surface area (Å²) in [5.41, 5.74) is 2.03. The Balaban J connectivity index is 2.00. The Labute approximate surface area is 107 Å². The first-order valence-corrected chi connectivity index (χ1v) is 6.45. The van der Waals surface area contributed by atoms with Crippen LogP contribution in [0.15, 0.2) is 42.6 Å². The molecule has 1 unspecified atom stereocenters. The molecule has 1 aromatic heterocycles. The summed E-state index contributed by atoms with van der Waals surface area (Å²) >= 11 is 0. The monoisotopic (exact) mass is 242 g/mol. The summed E-state index contributed by atoms with van der Waals surface area (Å²) in [4.78, 5) is 0. The molecule has 3 rings (SSSR count). The first kappa shape index (κ1) is 11.5. The molecular formula is C15H18N2O. The van der Waals surface area contributed by atoms with E-state index in [0.29, 0.717) is 0 Å². The molecule has 0 saturated heterocycles. The third-order valence-corrected chi connectivity index (χ3v) is 4.26. The Bertz CT molecular complexity index is 528. The Morgan fingerprint density at radius 3 is 2.44 bits per heavy atom. The van der Waals surface area contributed by atoms with Crippen molar-refractivity contribution in [2.45, 2.75) is 30.8 Å². The molecule has 0 radical (unpaired) electrons. The lowest BCUT2D eigenvalue weighted by molar-refractivity contribution is 0.0212. The second-order valence-corrected chi connectivity index (χ2v) is 5.16. The zero-order valence-electron chi connectivity index (χ0n) is 10.6. The Hall–Kier alpha value is -1.61. The summed E-state index contributed by atoms with van der Waals surface area (Å²) < 4.78 is 1.77. The number of benzene rings is 1. The van der Waals surface area contributed by atoms with Crippen molar-refractivity contribution in [2.75, 3.05) is 0 Å². The molecule has 1 aliphatic carbocycles. The lowest BCUT2D eigenvalue weighted by Gasteiger charge is -2.46. The van der Waals surface area contributed by atoms with Crippen LogP contribution >= 0.6 is 0 Å². The molecule has 1 aliphatic rings. The molecule has 0 aliphatic heterocycles. The zero-order valence-corrected chi connectivity index (χ0v) is 10.6. The number of aliphatic hydroxyl groups is 1. The van der Waals surface area contributed by atoms with Crippen LogP contribution in [0.2, 0.25) is 0 Å². The molecule has 1 N–H and O–H groups in total. The van der Waals surface area contributed by atoms with E-state index in [9.17, 15) is 5.11 Å². The Kier molecular flexibility index (Phi) is 2.71. The maximum Gasteiger partial charge on any atom is 0.105 e. The average Bonchev–Trinajstić information content (AvgIpc) is 2.75. The smallest absolute Gasteiger partial charge is 0.105 e. The summed E-state index contributed by atoms with van der Waals surface area (Å²) in [5.74, 6) is 0. The second kappa shape index (κ2) is 4.25. The SMILES string of the molecule is Cn1nccc1C(O)C1(c2ccccc2)CCC1. The van der Waals surface area contributed by atoms with Crippen molar-refractivity contribution in [3.05, 3.63) is 53.9 Å². The van der Waals surface area contributed by atoms with Gasteiger partial charge in [0.1, 0.15) is 6.10 Å². The van der Waals surface area contributed by atoms with Crippen LogP contribution in [0, 0.1) is 0 Å². The number of nitrogens with zero attached hydrogens (tertiary/aromatic N) is 2. The normalized spacial score (nSPS) is 19.2. The van der Waals surface area contributed by atoms with Gasteiger partial charge >= 0.3 is 0 Å². The van der Waals surface area contributed by atoms with E-state index >= 15 is 0 Å². The molecule has 1 heterocycles. The van der Waals surface area contributed by atoms with Gasteiger partial charge in [-0.05, 0) is 24.5 Å². The molecule has 1 fully saturated rings. The summed E-state index contributed by atoms with van der Waals surface area (Å²) in [5, 5.41) is 14.9. The molecule has 0 bridgehead atoms. The van der Waals surface area contributed by atoms with Gasteiger partial charge in [0.05, 0.1) is 5.69 Å². The minimum Gasteiger partial charge on any atom is -0.386 e. The third-order valence-electron chi connectivity index (χ3n) is 4.26. The molecule has 3 heteroatoms. The number of hydrogen-bond acceptors (Lipinski definition) is 2. The van der Waals surface area contributed by atoms with Crippen molar-refractivity contribution in [3.8, 4) is 0 Å². The quantitative estimate of drug-likeness (QED) is 0.898. The van der Waals surface area contributed by atoms with Crippen molar-refractivity contribution >= 4 is 0 Å². The predicted molar refractivity (Wildman–Crippen MR) is 70.1 cm³/mol. The summed E-state index contributed by atoms with van der Waals surface area (Å²) in [6.07, 6.45) is 4.55. The minimum absolute atomic E-state index is 0.116. The van der Waals surface area contributed by atoms with Crippen LogP contribution in [0.1, 0.15) is 36.6 Å². The van der Waals surface area contributed by atoms with Crippen molar-refractivity contribution < 1.29 is 5.11 Å². The van der Waals surface area contributed by atoms with Crippen molar-refractivity contribution in [1.82, 2.24) is 9.78 Å². The molecule has 18 heavy (non-hydrogen) atoms. The van der Waals surface area contributed by atoms with E-state index in [-0.39, 0.29) is 5.41 Å². The van der Waals surface area contributed by atoms with Crippen LogP contribution in [0.5, 0.6) is 0 Å². The maximum atomic E-state index is 10.8. The second-order valence-electron chi connectivity index (χ2n) is 5.16. The number of hydrogen-bond donors (Lipinski definition) is 1. The Morgan fingerprint density at radius 1 is 1.22 bits per heavy atom. The van der Waals surface area contributed by atoms with Gasteiger partial charge < -0.3 is 5.11 Å². The fourth-order valence-corrected chi connectivity index (χ4v) is 2.98. The fourth-order valence-electron chi connectivity index (χ4n) is 2.98. The van der Waals surface area contributed by atoms with E-state index in [1.165, 1.54) is 12.0 Å². The van der Waals surface area contributed by atoms with E-state index in [1.54, 1.807) is 10.9 Å². The standard InChI is InChI=1S/C15H18N2O/c1-17-13(8-11-16-17)14(18)15(9-5-10-15)12-6-3-2-4-7-12/h2-4,6-8,11,14,18H,5,9-10H2,1H3. The fraction of sp³-hybridized carbons (Fsp3) is 0.400. The van der Waals surface area contributed by atoms with Crippen LogP contribution in [0.4, 0.5) is 0 Å². The first-order valence-electron chi connectivity index (χ1n) is 6.45. The molecular weight excluding hydrogens is 224 g/mol. The number of aromatic nitrogens is 2. The zero-order chi connectivity index (χ0) is 12.6. The highest BCUT2D eigenvalue weighted by molar-refractivity contribution is 5.32. The number of rotatable bonds is 3. The van der Waals surface area contributed by atoms with Gasteiger partial charge in [-0.15, -0.1) is 0 Å². The summed E-state index contributed by atoms with van der Waals surface area (Å²) in [6.45, 7) is 0. The van der Waals surface area contributed by atoms with Crippen LogP contribution in [0.3, 0.4) is 0 Å². The van der Waals surface area contributed by atoms with Gasteiger partial charge in [0.2, 0.25) is 0 Å². The van der Waals surface area contributed by atoms with Crippen LogP contribution < -0.4 is 0 Å². The molecule has 1 aromatic carbocycles. The molecule has 0 amide bonds.